The van der Waals surface area contributed by atoms with E-state index in [0.717, 1.165) is 31.2 Å². The predicted molar refractivity (Wildman–Crippen MR) is 75.5 cm³/mol. The number of hydrogen-bond acceptors (Lipinski definition) is 2. The van der Waals surface area contributed by atoms with E-state index in [4.69, 9.17) is 10.5 Å². The number of hydrogen-bond donors (Lipinski definition) is 1. The number of rotatable bonds is 4. The molecule has 0 radical (unpaired) electrons. The average molecular weight is 265 g/mol. The molecule has 1 unspecified atom stereocenters. The van der Waals surface area contributed by atoms with Crippen LogP contribution in [0.4, 0.5) is 4.39 Å². The Morgan fingerprint density at radius 2 is 2.00 bits per heavy atom. The van der Waals surface area contributed by atoms with E-state index >= 15 is 0 Å². The smallest absolute Gasteiger partial charge is 0.126 e. The highest BCUT2D eigenvalue weighted by atomic mass is 19.1. The Balaban J connectivity index is 2.27. The maximum absolute atomic E-state index is 13.4. The van der Waals surface area contributed by atoms with Crippen LogP contribution in [-0.4, -0.2) is 12.2 Å². The highest BCUT2D eigenvalue weighted by molar-refractivity contribution is 5.28. The normalized spacial score (nSPS) is 20.2. The topological polar surface area (TPSA) is 35.2 Å². The van der Waals surface area contributed by atoms with Crippen molar-refractivity contribution in [1.82, 2.24) is 0 Å². The molecule has 1 aromatic carbocycles. The Kier molecular flexibility index (Phi) is 4.58. The van der Waals surface area contributed by atoms with Crippen molar-refractivity contribution in [3.8, 4) is 0 Å². The molecule has 1 aliphatic carbocycles. The minimum atomic E-state index is -0.267. The van der Waals surface area contributed by atoms with Gasteiger partial charge in [-0.1, -0.05) is 31.4 Å². The molecule has 19 heavy (non-hydrogen) atoms. The molecule has 2 N–H and O–H groups in total. The van der Waals surface area contributed by atoms with Crippen LogP contribution in [0.3, 0.4) is 0 Å². The van der Waals surface area contributed by atoms with Gasteiger partial charge >= 0.3 is 0 Å². The molecule has 1 fully saturated rings. The van der Waals surface area contributed by atoms with E-state index in [1.54, 1.807) is 13.0 Å². The fourth-order valence-corrected chi connectivity index (χ4v) is 3.15. The van der Waals surface area contributed by atoms with Crippen LogP contribution in [-0.2, 0) is 4.74 Å². The molecule has 1 atom stereocenters. The second-order valence-electron chi connectivity index (χ2n) is 5.54. The molecule has 0 heterocycles. The molecule has 0 amide bonds. The van der Waals surface area contributed by atoms with E-state index in [9.17, 15) is 4.39 Å². The molecule has 2 rings (SSSR count). The van der Waals surface area contributed by atoms with Gasteiger partial charge in [0.25, 0.3) is 0 Å². The van der Waals surface area contributed by atoms with Crippen LogP contribution in [0, 0.1) is 12.7 Å². The van der Waals surface area contributed by atoms with Gasteiger partial charge in [0, 0.05) is 6.61 Å². The van der Waals surface area contributed by atoms with Gasteiger partial charge in [-0.25, -0.2) is 4.39 Å². The van der Waals surface area contributed by atoms with Crippen LogP contribution in [0.1, 0.15) is 56.2 Å². The summed E-state index contributed by atoms with van der Waals surface area (Å²) in [4.78, 5) is 0. The van der Waals surface area contributed by atoms with Crippen molar-refractivity contribution in [2.24, 2.45) is 5.73 Å². The Labute approximate surface area is 115 Å². The summed E-state index contributed by atoms with van der Waals surface area (Å²) in [5, 5.41) is 0. The lowest BCUT2D eigenvalue weighted by molar-refractivity contribution is -0.0831. The predicted octanol–water partition coefficient (Wildman–Crippen LogP) is 3.87. The summed E-state index contributed by atoms with van der Waals surface area (Å²) in [5.74, 6) is -0.176. The molecule has 0 spiro atoms. The summed E-state index contributed by atoms with van der Waals surface area (Å²) >= 11 is 0. The first kappa shape index (κ1) is 14.5. The maximum Gasteiger partial charge on any atom is 0.126 e. The third kappa shape index (κ3) is 2.98. The fourth-order valence-electron chi connectivity index (χ4n) is 3.15. The van der Waals surface area contributed by atoms with Gasteiger partial charge in [0.1, 0.15) is 5.82 Å². The lowest BCUT2D eigenvalue weighted by atomic mass is 9.77. The zero-order chi connectivity index (χ0) is 13.9. The Morgan fingerprint density at radius 1 is 1.32 bits per heavy atom. The molecule has 106 valence electrons. The number of aryl methyl sites for hydroxylation is 1. The maximum atomic E-state index is 13.4. The van der Waals surface area contributed by atoms with Crippen LogP contribution in [0.25, 0.3) is 0 Å². The van der Waals surface area contributed by atoms with Gasteiger partial charge in [-0.15, -0.1) is 0 Å². The number of nitrogens with two attached hydrogens (primary N) is 1. The van der Waals surface area contributed by atoms with Gasteiger partial charge in [0.05, 0.1) is 11.6 Å². The molecule has 1 saturated carbocycles. The molecule has 0 aliphatic heterocycles. The molecule has 0 aromatic heterocycles. The molecule has 0 bridgehead atoms. The van der Waals surface area contributed by atoms with Crippen LogP contribution in [0.5, 0.6) is 0 Å². The summed E-state index contributed by atoms with van der Waals surface area (Å²) in [7, 11) is 0. The van der Waals surface area contributed by atoms with E-state index in [0.29, 0.717) is 12.2 Å². The van der Waals surface area contributed by atoms with Crippen LogP contribution >= 0.6 is 0 Å². The number of ether oxygens (including phenoxy) is 1. The van der Waals surface area contributed by atoms with Crippen molar-refractivity contribution in [1.29, 1.82) is 0 Å². The van der Waals surface area contributed by atoms with Crippen molar-refractivity contribution in [3.05, 3.63) is 35.1 Å². The molecular formula is C16H24FNO. The Morgan fingerprint density at radius 3 is 2.58 bits per heavy atom. The second kappa shape index (κ2) is 6.02. The number of benzene rings is 1. The highest BCUT2D eigenvalue weighted by Crippen LogP contribution is 2.40. The van der Waals surface area contributed by atoms with Gasteiger partial charge in [0.15, 0.2) is 0 Å². The van der Waals surface area contributed by atoms with Crippen molar-refractivity contribution < 1.29 is 9.13 Å². The van der Waals surface area contributed by atoms with Gasteiger partial charge in [-0.2, -0.15) is 0 Å². The number of halogens is 1. The first-order chi connectivity index (χ1) is 9.09. The van der Waals surface area contributed by atoms with E-state index in [1.807, 2.05) is 13.0 Å². The molecule has 1 aromatic rings. The standard InChI is InChI=1S/C16H24FNO/c1-3-19-16(9-5-4-6-10-16)15(18)13-7-8-14(17)12(2)11-13/h7-8,11,15H,3-6,9-10,18H2,1-2H3. The van der Waals surface area contributed by atoms with Crippen molar-refractivity contribution in [2.45, 2.75) is 57.6 Å². The van der Waals surface area contributed by atoms with E-state index in [1.165, 1.54) is 12.5 Å². The van der Waals surface area contributed by atoms with Crippen molar-refractivity contribution >= 4 is 0 Å². The summed E-state index contributed by atoms with van der Waals surface area (Å²) in [5.41, 5.74) is 7.83. The zero-order valence-corrected chi connectivity index (χ0v) is 11.9. The van der Waals surface area contributed by atoms with Gasteiger partial charge in [0.2, 0.25) is 0 Å². The van der Waals surface area contributed by atoms with E-state index in [2.05, 4.69) is 0 Å². The van der Waals surface area contributed by atoms with Crippen molar-refractivity contribution in [3.63, 3.8) is 0 Å². The zero-order valence-electron chi connectivity index (χ0n) is 11.9. The van der Waals surface area contributed by atoms with Crippen molar-refractivity contribution in [2.75, 3.05) is 6.61 Å². The van der Waals surface area contributed by atoms with Crippen LogP contribution < -0.4 is 5.73 Å². The second-order valence-corrected chi connectivity index (χ2v) is 5.54. The Bertz CT molecular complexity index is 421. The minimum absolute atomic E-state index is 0.174. The van der Waals surface area contributed by atoms with Crippen LogP contribution in [0.15, 0.2) is 18.2 Å². The monoisotopic (exact) mass is 265 g/mol. The Hall–Kier alpha value is -0.930. The summed E-state index contributed by atoms with van der Waals surface area (Å²) in [6, 6.07) is 4.98. The average Bonchev–Trinajstić information content (AvgIpc) is 2.42. The SMILES string of the molecule is CCOC1(C(N)c2ccc(F)c(C)c2)CCCCC1. The summed E-state index contributed by atoms with van der Waals surface area (Å²) in [6.45, 7) is 4.46. The van der Waals surface area contributed by atoms with Crippen LogP contribution in [0.2, 0.25) is 0 Å². The summed E-state index contributed by atoms with van der Waals surface area (Å²) in [6.07, 6.45) is 5.57. The third-order valence-electron chi connectivity index (χ3n) is 4.24. The first-order valence-electron chi connectivity index (χ1n) is 7.24. The van der Waals surface area contributed by atoms with Gasteiger partial charge < -0.3 is 10.5 Å². The molecule has 3 heteroatoms. The fraction of sp³-hybridized carbons (Fsp3) is 0.625. The largest absolute Gasteiger partial charge is 0.373 e. The van der Waals surface area contributed by atoms with Gasteiger partial charge in [-0.05, 0) is 43.9 Å². The molecule has 0 saturated heterocycles. The lowest BCUT2D eigenvalue weighted by Gasteiger charge is -2.42. The minimum Gasteiger partial charge on any atom is -0.373 e. The third-order valence-corrected chi connectivity index (χ3v) is 4.24. The molecule has 1 aliphatic rings. The first-order valence-corrected chi connectivity index (χ1v) is 7.24. The molecular weight excluding hydrogens is 241 g/mol. The van der Waals surface area contributed by atoms with E-state index < -0.39 is 0 Å². The molecule has 2 nitrogen and oxygen atoms in total. The highest BCUT2D eigenvalue weighted by Gasteiger charge is 2.39. The van der Waals surface area contributed by atoms with Gasteiger partial charge in [-0.3, -0.25) is 0 Å². The lowest BCUT2D eigenvalue weighted by Crippen LogP contribution is -2.45. The summed E-state index contributed by atoms with van der Waals surface area (Å²) < 4.78 is 19.4. The quantitative estimate of drug-likeness (QED) is 0.896. The van der Waals surface area contributed by atoms with E-state index in [-0.39, 0.29) is 17.5 Å².